The lowest BCUT2D eigenvalue weighted by molar-refractivity contribution is -0.138. The molecule has 1 fully saturated rings. The zero-order valence-electron chi connectivity index (χ0n) is 15.5. The molecule has 7 nitrogen and oxygen atoms in total. The van der Waals surface area contributed by atoms with Gasteiger partial charge in [0.25, 0.3) is 5.91 Å². The number of hydrogen-bond acceptors (Lipinski definition) is 5. The highest BCUT2D eigenvalue weighted by Crippen LogP contribution is 2.47. The second-order valence-corrected chi connectivity index (χ2v) is 6.67. The minimum Gasteiger partial charge on any atom is -0.493 e. The Bertz CT molecular complexity index is 962. The van der Waals surface area contributed by atoms with E-state index in [0.29, 0.717) is 29.4 Å². The van der Waals surface area contributed by atoms with Crippen molar-refractivity contribution in [2.75, 3.05) is 20.8 Å². The number of amidine groups is 1. The fourth-order valence-electron chi connectivity index (χ4n) is 3.88. The van der Waals surface area contributed by atoms with Crippen molar-refractivity contribution in [3.8, 4) is 11.5 Å². The minimum atomic E-state index is -0.633. The molecule has 1 amide bonds. The predicted molar refractivity (Wildman–Crippen MR) is 100 cm³/mol. The number of aliphatic hydroxyl groups is 1. The highest BCUT2D eigenvalue weighted by atomic mass is 19.1. The Hall–Kier alpha value is -3.13. The van der Waals surface area contributed by atoms with Crippen molar-refractivity contribution in [1.29, 1.82) is 0 Å². The summed E-state index contributed by atoms with van der Waals surface area (Å²) in [4.78, 5) is 16.9. The Kier molecular flexibility index (Phi) is 4.64. The first kappa shape index (κ1) is 18.2. The van der Waals surface area contributed by atoms with Gasteiger partial charge in [-0.2, -0.15) is 0 Å². The molecule has 1 aliphatic heterocycles. The van der Waals surface area contributed by atoms with Crippen LogP contribution in [-0.4, -0.2) is 42.7 Å². The molecule has 8 heteroatoms. The molecule has 2 aromatic rings. The van der Waals surface area contributed by atoms with Crippen LogP contribution in [0.25, 0.3) is 0 Å². The summed E-state index contributed by atoms with van der Waals surface area (Å²) in [5, 5.41) is 10.8. The van der Waals surface area contributed by atoms with Gasteiger partial charge in [-0.05, 0) is 47.9 Å². The van der Waals surface area contributed by atoms with E-state index in [-0.39, 0.29) is 17.8 Å². The molecule has 2 aromatic carbocycles. The Balaban J connectivity index is 1.78. The fraction of sp³-hybridized carbons (Fsp3) is 0.300. The van der Waals surface area contributed by atoms with Crippen LogP contribution in [0.3, 0.4) is 0 Å². The average molecular weight is 385 g/mol. The van der Waals surface area contributed by atoms with Crippen molar-refractivity contribution in [2.24, 2.45) is 10.9 Å². The number of rotatable bonds is 4. The van der Waals surface area contributed by atoms with Crippen LogP contribution in [0, 0.1) is 11.7 Å². The van der Waals surface area contributed by atoms with E-state index in [1.807, 2.05) is 12.1 Å². The van der Waals surface area contributed by atoms with Crippen molar-refractivity contribution in [3.63, 3.8) is 0 Å². The Morgan fingerprint density at radius 3 is 2.71 bits per heavy atom. The number of hydrazine groups is 1. The number of benzene rings is 2. The predicted octanol–water partition coefficient (Wildman–Crippen LogP) is 2.13. The standard InChI is InChI=1S/C20H20FN3O4/c1-27-16-7-11-6-15-19(14(11)9-17(16)28-2)24(18(26)10-25)23-20(15)22-13-5-3-4-12(21)8-13/h3-5,7-9,15,19,25H,6,10H2,1-2H3,(H,22,23). The van der Waals surface area contributed by atoms with E-state index in [1.54, 1.807) is 26.4 Å². The zero-order valence-corrected chi connectivity index (χ0v) is 15.5. The summed E-state index contributed by atoms with van der Waals surface area (Å²) in [6, 6.07) is 9.35. The molecule has 0 saturated carbocycles. The summed E-state index contributed by atoms with van der Waals surface area (Å²) in [6.07, 6.45) is 0.622. The molecule has 2 unspecified atom stereocenters. The molecule has 0 spiro atoms. The first-order chi connectivity index (χ1) is 13.5. The van der Waals surface area contributed by atoms with E-state index in [4.69, 9.17) is 9.47 Å². The van der Waals surface area contributed by atoms with Crippen LogP contribution in [0.15, 0.2) is 41.4 Å². The Morgan fingerprint density at radius 2 is 2.04 bits per heavy atom. The Morgan fingerprint density at radius 1 is 1.29 bits per heavy atom. The van der Waals surface area contributed by atoms with Crippen LogP contribution in [0.5, 0.6) is 11.5 Å². The number of halogens is 1. The quantitative estimate of drug-likeness (QED) is 0.843. The van der Waals surface area contributed by atoms with Gasteiger partial charge in [-0.3, -0.25) is 10.2 Å². The number of hydrogen-bond donors (Lipinski definition) is 2. The number of fused-ring (bicyclic) bond motifs is 3. The molecular formula is C20H20FN3O4. The van der Waals surface area contributed by atoms with Crippen LogP contribution >= 0.6 is 0 Å². The van der Waals surface area contributed by atoms with Crippen molar-refractivity contribution in [3.05, 3.63) is 53.3 Å². The molecule has 2 N–H and O–H groups in total. The highest BCUT2D eigenvalue weighted by molar-refractivity contribution is 5.94. The third kappa shape index (κ3) is 2.95. The van der Waals surface area contributed by atoms with Crippen LogP contribution in [-0.2, 0) is 11.2 Å². The minimum absolute atomic E-state index is 0.148. The van der Waals surface area contributed by atoms with Crippen LogP contribution < -0.4 is 14.9 Å². The Labute approximate surface area is 161 Å². The first-order valence-corrected chi connectivity index (χ1v) is 8.84. The lowest BCUT2D eigenvalue weighted by Gasteiger charge is -2.23. The monoisotopic (exact) mass is 385 g/mol. The van der Waals surface area contributed by atoms with E-state index in [0.717, 1.165) is 11.1 Å². The number of carbonyl (C=O) groups is 1. The number of aliphatic hydroxyl groups excluding tert-OH is 1. The first-order valence-electron chi connectivity index (χ1n) is 8.84. The maximum Gasteiger partial charge on any atom is 0.267 e. The molecule has 2 atom stereocenters. The second-order valence-electron chi connectivity index (χ2n) is 6.67. The molecular weight excluding hydrogens is 365 g/mol. The van der Waals surface area contributed by atoms with Gasteiger partial charge in [0.1, 0.15) is 18.3 Å². The molecule has 1 aliphatic carbocycles. The van der Waals surface area contributed by atoms with E-state index in [2.05, 4.69) is 10.4 Å². The molecule has 1 saturated heterocycles. The van der Waals surface area contributed by atoms with Crippen LogP contribution in [0.2, 0.25) is 0 Å². The van der Waals surface area contributed by atoms with Crippen LogP contribution in [0.1, 0.15) is 17.2 Å². The zero-order chi connectivity index (χ0) is 19.8. The maximum atomic E-state index is 13.5. The highest BCUT2D eigenvalue weighted by Gasteiger charge is 2.48. The van der Waals surface area contributed by atoms with Gasteiger partial charge in [-0.1, -0.05) is 6.07 Å². The van der Waals surface area contributed by atoms with Gasteiger partial charge in [0, 0.05) is 5.92 Å². The van der Waals surface area contributed by atoms with Gasteiger partial charge in [0.05, 0.1) is 25.9 Å². The van der Waals surface area contributed by atoms with E-state index >= 15 is 0 Å². The van der Waals surface area contributed by atoms with Gasteiger partial charge < -0.3 is 14.6 Å². The molecule has 2 aliphatic rings. The fourth-order valence-corrected chi connectivity index (χ4v) is 3.88. The number of aliphatic imine (C=N–C) groups is 1. The SMILES string of the molecule is COc1cc2c(cc1OC)C1C(C2)C(=Nc2cccc(F)c2)NN1C(=O)CO. The number of nitrogens with one attached hydrogen (secondary N) is 1. The summed E-state index contributed by atoms with van der Waals surface area (Å²) in [5.74, 6) is 0.717. The molecule has 0 bridgehead atoms. The number of carbonyl (C=O) groups excluding carboxylic acids is 1. The smallest absolute Gasteiger partial charge is 0.267 e. The number of nitrogens with zero attached hydrogens (tertiary/aromatic N) is 2. The van der Waals surface area contributed by atoms with Gasteiger partial charge in [0.15, 0.2) is 11.5 Å². The number of amides is 1. The second kappa shape index (κ2) is 7.12. The number of methoxy groups -OCH3 is 2. The maximum absolute atomic E-state index is 13.5. The largest absolute Gasteiger partial charge is 0.493 e. The lowest BCUT2D eigenvalue weighted by atomic mass is 10.0. The van der Waals surface area contributed by atoms with E-state index in [1.165, 1.54) is 17.1 Å². The average Bonchev–Trinajstić information content (AvgIpc) is 3.23. The van der Waals surface area contributed by atoms with Gasteiger partial charge in [0.2, 0.25) is 0 Å². The summed E-state index contributed by atoms with van der Waals surface area (Å²) >= 11 is 0. The van der Waals surface area contributed by atoms with Gasteiger partial charge >= 0.3 is 0 Å². The topological polar surface area (TPSA) is 83.4 Å². The van der Waals surface area contributed by atoms with E-state index in [9.17, 15) is 14.3 Å². The summed E-state index contributed by atoms with van der Waals surface area (Å²) in [7, 11) is 3.12. The molecule has 1 heterocycles. The normalized spacial score (nSPS) is 21.3. The van der Waals surface area contributed by atoms with Crippen molar-refractivity contribution < 1.29 is 23.8 Å². The summed E-state index contributed by atoms with van der Waals surface area (Å²) < 4.78 is 24.3. The van der Waals surface area contributed by atoms with E-state index < -0.39 is 12.5 Å². The molecule has 28 heavy (non-hydrogen) atoms. The molecule has 4 rings (SSSR count). The number of ether oxygens (including phenoxy) is 2. The van der Waals surface area contributed by atoms with Gasteiger partial charge in [-0.25, -0.2) is 14.4 Å². The molecule has 146 valence electrons. The summed E-state index contributed by atoms with van der Waals surface area (Å²) in [5.41, 5.74) is 5.36. The van der Waals surface area contributed by atoms with Gasteiger partial charge in [-0.15, -0.1) is 0 Å². The van der Waals surface area contributed by atoms with Crippen LogP contribution in [0.4, 0.5) is 10.1 Å². The molecule has 0 aromatic heterocycles. The van der Waals surface area contributed by atoms with Crippen molar-refractivity contribution in [2.45, 2.75) is 12.5 Å². The lowest BCUT2D eigenvalue weighted by Crippen LogP contribution is -2.41. The third-order valence-electron chi connectivity index (χ3n) is 5.11. The van der Waals surface area contributed by atoms with Crippen molar-refractivity contribution in [1.82, 2.24) is 10.4 Å². The molecule has 0 radical (unpaired) electrons. The third-order valence-corrected chi connectivity index (χ3v) is 5.11. The summed E-state index contributed by atoms with van der Waals surface area (Å²) in [6.45, 7) is -0.633. The van der Waals surface area contributed by atoms with Crippen molar-refractivity contribution >= 4 is 17.4 Å².